The van der Waals surface area contributed by atoms with Gasteiger partial charge in [-0.3, -0.25) is 10.1 Å². The molecule has 25 heavy (non-hydrogen) atoms. The van der Waals surface area contributed by atoms with Crippen molar-refractivity contribution in [2.75, 3.05) is 6.54 Å². The van der Waals surface area contributed by atoms with Gasteiger partial charge in [0.25, 0.3) is 0 Å². The molecule has 1 aromatic heterocycles. The van der Waals surface area contributed by atoms with Gasteiger partial charge in [-0.2, -0.15) is 0 Å². The summed E-state index contributed by atoms with van der Waals surface area (Å²) in [6.07, 6.45) is 0. The molecule has 1 amide bonds. The Morgan fingerprint density at radius 2 is 1.76 bits per heavy atom. The normalized spacial score (nSPS) is 11.9. The third kappa shape index (κ3) is 4.98. The zero-order valence-electron chi connectivity index (χ0n) is 13.6. The second-order valence-electron chi connectivity index (χ2n) is 5.64. The van der Waals surface area contributed by atoms with Crippen LogP contribution in [0.2, 0.25) is 0 Å². The van der Waals surface area contributed by atoms with E-state index < -0.39 is 0 Å². The Bertz CT molecular complexity index is 788. The smallest absolute Gasteiger partial charge is 0.234 e. The van der Waals surface area contributed by atoms with Crippen LogP contribution >= 0.6 is 11.3 Å². The quantitative estimate of drug-likeness (QED) is 0.676. The predicted molar refractivity (Wildman–Crippen MR) is 98.9 cm³/mol. The molecule has 2 N–H and O–H groups in total. The van der Waals surface area contributed by atoms with E-state index >= 15 is 0 Å². The maximum absolute atomic E-state index is 12.9. The molecule has 0 radical (unpaired) electrons. The van der Waals surface area contributed by atoms with E-state index in [9.17, 15) is 9.18 Å². The monoisotopic (exact) mass is 354 g/mol. The summed E-state index contributed by atoms with van der Waals surface area (Å²) in [6, 6.07) is 20.2. The van der Waals surface area contributed by atoms with Crippen molar-refractivity contribution in [3.05, 3.63) is 93.9 Å². The van der Waals surface area contributed by atoms with E-state index in [0.29, 0.717) is 6.54 Å². The van der Waals surface area contributed by atoms with Gasteiger partial charge in [-0.1, -0.05) is 48.5 Å². The first-order valence-electron chi connectivity index (χ1n) is 8.05. The lowest BCUT2D eigenvalue weighted by Crippen LogP contribution is -2.35. The Labute approximate surface area is 150 Å². The topological polar surface area (TPSA) is 41.1 Å². The highest BCUT2D eigenvalue weighted by molar-refractivity contribution is 7.10. The summed E-state index contributed by atoms with van der Waals surface area (Å²) in [5.74, 6) is -0.375. The molecule has 1 atom stereocenters. The van der Waals surface area contributed by atoms with E-state index in [2.05, 4.69) is 16.7 Å². The van der Waals surface area contributed by atoms with Crippen LogP contribution < -0.4 is 10.6 Å². The third-order valence-electron chi connectivity index (χ3n) is 3.83. The molecule has 1 heterocycles. The fraction of sp³-hybridized carbons (Fsp3) is 0.150. The van der Waals surface area contributed by atoms with Crippen molar-refractivity contribution < 1.29 is 9.18 Å². The van der Waals surface area contributed by atoms with E-state index in [-0.39, 0.29) is 24.3 Å². The number of carbonyl (C=O) groups excluding carboxylic acids is 1. The fourth-order valence-electron chi connectivity index (χ4n) is 2.54. The van der Waals surface area contributed by atoms with Crippen molar-refractivity contribution in [1.29, 1.82) is 0 Å². The van der Waals surface area contributed by atoms with Crippen molar-refractivity contribution in [3.63, 3.8) is 0 Å². The molecule has 0 unspecified atom stereocenters. The molecule has 0 fully saturated rings. The minimum absolute atomic E-state index is 0.0160. The van der Waals surface area contributed by atoms with Gasteiger partial charge in [-0.15, -0.1) is 11.3 Å². The van der Waals surface area contributed by atoms with Crippen LogP contribution in [0.1, 0.15) is 22.0 Å². The van der Waals surface area contributed by atoms with Crippen molar-refractivity contribution >= 4 is 17.2 Å². The zero-order chi connectivity index (χ0) is 17.5. The summed E-state index contributed by atoms with van der Waals surface area (Å²) < 4.78 is 12.9. The Kier molecular flexibility index (Phi) is 5.93. The number of hydrogen-bond acceptors (Lipinski definition) is 3. The van der Waals surface area contributed by atoms with Crippen molar-refractivity contribution in [2.24, 2.45) is 0 Å². The SMILES string of the molecule is O=C(CN[C@@H](c1ccccc1)c1cccs1)NCc1ccc(F)cc1. The van der Waals surface area contributed by atoms with Crippen LogP contribution in [-0.2, 0) is 11.3 Å². The lowest BCUT2D eigenvalue weighted by molar-refractivity contribution is -0.120. The first-order valence-corrected chi connectivity index (χ1v) is 8.93. The number of carbonyl (C=O) groups is 1. The largest absolute Gasteiger partial charge is 0.351 e. The molecular weight excluding hydrogens is 335 g/mol. The molecule has 0 aliphatic heterocycles. The molecule has 0 aliphatic carbocycles. The highest BCUT2D eigenvalue weighted by Crippen LogP contribution is 2.25. The van der Waals surface area contributed by atoms with Crippen LogP contribution in [0.4, 0.5) is 4.39 Å². The molecular formula is C20H19FN2OS. The fourth-order valence-corrected chi connectivity index (χ4v) is 3.37. The molecule has 0 saturated heterocycles. The molecule has 0 aliphatic rings. The standard InChI is InChI=1S/C20H19FN2OS/c21-17-10-8-15(9-11-17)13-22-19(24)14-23-20(18-7-4-12-25-18)16-5-2-1-3-6-16/h1-12,20,23H,13-14H2,(H,22,24)/t20-/m0/s1. The molecule has 0 bridgehead atoms. The molecule has 0 spiro atoms. The average molecular weight is 354 g/mol. The number of benzene rings is 2. The second-order valence-corrected chi connectivity index (χ2v) is 6.62. The maximum atomic E-state index is 12.9. The van der Waals surface area contributed by atoms with E-state index in [1.807, 2.05) is 41.8 Å². The molecule has 5 heteroatoms. The molecule has 0 saturated carbocycles. The minimum atomic E-state index is -0.279. The van der Waals surface area contributed by atoms with E-state index in [1.54, 1.807) is 23.5 Å². The molecule has 128 valence electrons. The summed E-state index contributed by atoms with van der Waals surface area (Å²) in [6.45, 7) is 0.592. The maximum Gasteiger partial charge on any atom is 0.234 e. The summed E-state index contributed by atoms with van der Waals surface area (Å²) >= 11 is 1.66. The van der Waals surface area contributed by atoms with Gasteiger partial charge in [0, 0.05) is 11.4 Å². The van der Waals surface area contributed by atoms with Crippen LogP contribution in [0.15, 0.2) is 72.1 Å². The van der Waals surface area contributed by atoms with E-state index in [0.717, 1.165) is 16.0 Å². The first-order chi connectivity index (χ1) is 12.2. The van der Waals surface area contributed by atoms with Gasteiger partial charge in [0.2, 0.25) is 5.91 Å². The Hall–Kier alpha value is -2.50. The van der Waals surface area contributed by atoms with Crippen LogP contribution in [0, 0.1) is 5.82 Å². The van der Waals surface area contributed by atoms with Gasteiger partial charge >= 0.3 is 0 Å². The Morgan fingerprint density at radius 3 is 2.44 bits per heavy atom. The summed E-state index contributed by atoms with van der Waals surface area (Å²) in [4.78, 5) is 13.3. The van der Waals surface area contributed by atoms with Crippen LogP contribution in [0.3, 0.4) is 0 Å². The summed E-state index contributed by atoms with van der Waals surface area (Å²) in [5, 5.41) is 8.20. The van der Waals surface area contributed by atoms with Gasteiger partial charge < -0.3 is 5.32 Å². The average Bonchev–Trinajstić information content (AvgIpc) is 3.17. The van der Waals surface area contributed by atoms with Crippen molar-refractivity contribution in [2.45, 2.75) is 12.6 Å². The van der Waals surface area contributed by atoms with Crippen molar-refractivity contribution in [3.8, 4) is 0 Å². The minimum Gasteiger partial charge on any atom is -0.351 e. The second kappa shape index (κ2) is 8.55. The highest BCUT2D eigenvalue weighted by atomic mass is 32.1. The molecule has 3 aromatic rings. The van der Waals surface area contributed by atoms with Crippen LogP contribution in [0.5, 0.6) is 0 Å². The Balaban J connectivity index is 1.57. The Morgan fingerprint density at radius 1 is 1.00 bits per heavy atom. The molecule has 2 aromatic carbocycles. The predicted octanol–water partition coefficient (Wildman–Crippen LogP) is 3.88. The summed E-state index contributed by atoms with van der Waals surface area (Å²) in [7, 11) is 0. The number of amides is 1. The van der Waals surface area contributed by atoms with Crippen molar-refractivity contribution in [1.82, 2.24) is 10.6 Å². The van der Waals surface area contributed by atoms with Gasteiger partial charge in [0.05, 0.1) is 12.6 Å². The molecule has 3 nitrogen and oxygen atoms in total. The lowest BCUT2D eigenvalue weighted by Gasteiger charge is -2.18. The van der Waals surface area contributed by atoms with Gasteiger partial charge in [-0.25, -0.2) is 4.39 Å². The molecule has 3 rings (SSSR count). The van der Waals surface area contributed by atoms with E-state index in [4.69, 9.17) is 0 Å². The van der Waals surface area contributed by atoms with Gasteiger partial charge in [0.15, 0.2) is 0 Å². The third-order valence-corrected chi connectivity index (χ3v) is 4.77. The first kappa shape index (κ1) is 17.3. The van der Waals surface area contributed by atoms with Gasteiger partial charge in [0.1, 0.15) is 5.82 Å². The summed E-state index contributed by atoms with van der Waals surface area (Å²) in [5.41, 5.74) is 1.99. The number of hydrogen-bond donors (Lipinski definition) is 2. The lowest BCUT2D eigenvalue weighted by atomic mass is 10.1. The number of rotatable bonds is 7. The number of thiophene rings is 1. The highest BCUT2D eigenvalue weighted by Gasteiger charge is 2.15. The van der Waals surface area contributed by atoms with E-state index in [1.165, 1.54) is 12.1 Å². The van der Waals surface area contributed by atoms with Gasteiger partial charge in [-0.05, 0) is 34.7 Å². The number of halogens is 1. The van der Waals surface area contributed by atoms with Crippen LogP contribution in [-0.4, -0.2) is 12.5 Å². The number of nitrogens with one attached hydrogen (secondary N) is 2. The van der Waals surface area contributed by atoms with Crippen LogP contribution in [0.25, 0.3) is 0 Å². The zero-order valence-corrected chi connectivity index (χ0v) is 14.4.